The van der Waals surface area contributed by atoms with Gasteiger partial charge >= 0.3 is 0 Å². The van der Waals surface area contributed by atoms with Crippen LogP contribution < -0.4 is 5.32 Å². The molecule has 2 rings (SSSR count). The lowest BCUT2D eigenvalue weighted by Crippen LogP contribution is -2.46. The number of amides is 1. The molecule has 0 aromatic carbocycles. The second kappa shape index (κ2) is 3.36. The summed E-state index contributed by atoms with van der Waals surface area (Å²) in [7, 11) is 0. The minimum absolute atomic E-state index is 0.122. The van der Waals surface area contributed by atoms with Gasteiger partial charge in [-0.15, -0.1) is 0 Å². The van der Waals surface area contributed by atoms with E-state index in [0.29, 0.717) is 5.92 Å². The van der Waals surface area contributed by atoms with Crippen molar-refractivity contribution in [3.8, 4) is 0 Å². The molecule has 1 saturated carbocycles. The van der Waals surface area contributed by atoms with Crippen molar-refractivity contribution in [1.82, 2.24) is 5.32 Å². The number of rotatable bonds is 2. The summed E-state index contributed by atoms with van der Waals surface area (Å²) in [5, 5.41) is 3.26. The molecular formula is C13H21NO. The standard InChI is InChI=1S/C13H21NO/c1-12(2,3)11(15)14-13(8-9-13)10-6-4-5-7-10/h4,6,10H,5,7-9H2,1-3H3,(H,14,15). The van der Waals surface area contributed by atoms with E-state index >= 15 is 0 Å². The van der Waals surface area contributed by atoms with Gasteiger partial charge in [-0.25, -0.2) is 0 Å². The summed E-state index contributed by atoms with van der Waals surface area (Å²) in [6.07, 6.45) is 9.24. The molecule has 1 N–H and O–H groups in total. The molecule has 0 bridgehead atoms. The zero-order valence-corrected chi connectivity index (χ0v) is 9.97. The molecule has 0 aliphatic heterocycles. The monoisotopic (exact) mass is 207 g/mol. The first-order chi connectivity index (χ1) is 6.94. The summed E-state index contributed by atoms with van der Waals surface area (Å²) in [5.74, 6) is 0.782. The van der Waals surface area contributed by atoms with Crippen molar-refractivity contribution in [2.24, 2.45) is 11.3 Å². The second-order valence-corrected chi connectivity index (χ2v) is 5.97. The van der Waals surface area contributed by atoms with E-state index in [-0.39, 0.29) is 16.9 Å². The second-order valence-electron chi connectivity index (χ2n) is 5.97. The van der Waals surface area contributed by atoms with Gasteiger partial charge in [0.15, 0.2) is 0 Å². The third-order valence-electron chi connectivity index (χ3n) is 3.55. The van der Waals surface area contributed by atoms with Gasteiger partial charge in [0.05, 0.1) is 0 Å². The number of hydrogen-bond donors (Lipinski definition) is 1. The summed E-state index contributed by atoms with van der Waals surface area (Å²) in [4.78, 5) is 11.9. The Balaban J connectivity index is 1.99. The van der Waals surface area contributed by atoms with Crippen LogP contribution in [0.1, 0.15) is 46.5 Å². The Morgan fingerprint density at radius 1 is 1.40 bits per heavy atom. The van der Waals surface area contributed by atoms with Crippen LogP contribution in [0.4, 0.5) is 0 Å². The van der Waals surface area contributed by atoms with Crippen LogP contribution in [0.5, 0.6) is 0 Å². The Morgan fingerprint density at radius 2 is 2.07 bits per heavy atom. The first kappa shape index (κ1) is 10.7. The summed E-state index contributed by atoms with van der Waals surface area (Å²) in [6, 6.07) is 0. The van der Waals surface area contributed by atoms with Crippen molar-refractivity contribution in [3.05, 3.63) is 12.2 Å². The fourth-order valence-electron chi connectivity index (χ4n) is 2.23. The number of hydrogen-bond acceptors (Lipinski definition) is 1. The molecule has 0 radical (unpaired) electrons. The Bertz CT molecular complexity index is 294. The van der Waals surface area contributed by atoms with Crippen LogP contribution in [-0.2, 0) is 4.79 Å². The lowest BCUT2D eigenvalue weighted by molar-refractivity contribution is -0.129. The molecule has 0 heterocycles. The van der Waals surface area contributed by atoms with Gasteiger partial charge in [0, 0.05) is 16.9 Å². The van der Waals surface area contributed by atoms with E-state index in [4.69, 9.17) is 0 Å². The molecule has 1 amide bonds. The molecule has 1 atom stereocenters. The number of carbonyl (C=O) groups excluding carboxylic acids is 1. The fourth-order valence-corrected chi connectivity index (χ4v) is 2.23. The molecular weight excluding hydrogens is 186 g/mol. The lowest BCUT2D eigenvalue weighted by atomic mass is 9.91. The third-order valence-corrected chi connectivity index (χ3v) is 3.55. The Morgan fingerprint density at radius 3 is 2.47 bits per heavy atom. The summed E-state index contributed by atoms with van der Waals surface area (Å²) in [5.41, 5.74) is -0.144. The average Bonchev–Trinajstić information content (AvgIpc) is 2.72. The maximum absolute atomic E-state index is 11.9. The van der Waals surface area contributed by atoms with E-state index in [0.717, 1.165) is 12.8 Å². The highest BCUT2D eigenvalue weighted by atomic mass is 16.2. The van der Waals surface area contributed by atoms with E-state index < -0.39 is 0 Å². The van der Waals surface area contributed by atoms with Gasteiger partial charge in [-0.2, -0.15) is 0 Å². The van der Waals surface area contributed by atoms with Crippen molar-refractivity contribution in [2.45, 2.75) is 52.0 Å². The summed E-state index contributed by atoms with van der Waals surface area (Å²) in [6.45, 7) is 5.93. The molecule has 0 spiro atoms. The van der Waals surface area contributed by atoms with E-state index in [2.05, 4.69) is 17.5 Å². The quantitative estimate of drug-likeness (QED) is 0.693. The van der Waals surface area contributed by atoms with Crippen molar-refractivity contribution in [3.63, 3.8) is 0 Å². The lowest BCUT2D eigenvalue weighted by Gasteiger charge is -2.27. The van der Waals surface area contributed by atoms with Gasteiger partial charge in [-0.3, -0.25) is 4.79 Å². The first-order valence-corrected chi connectivity index (χ1v) is 5.93. The zero-order chi connectivity index (χ0) is 11.1. The van der Waals surface area contributed by atoms with Crippen molar-refractivity contribution >= 4 is 5.91 Å². The Labute approximate surface area is 92.1 Å². The minimum atomic E-state index is -0.266. The molecule has 15 heavy (non-hydrogen) atoms. The van der Waals surface area contributed by atoms with E-state index in [1.807, 2.05) is 20.8 Å². The van der Waals surface area contributed by atoms with Crippen LogP contribution >= 0.6 is 0 Å². The van der Waals surface area contributed by atoms with Gasteiger partial charge < -0.3 is 5.32 Å². The maximum Gasteiger partial charge on any atom is 0.225 e. The number of nitrogens with one attached hydrogen (secondary N) is 1. The van der Waals surface area contributed by atoms with Crippen molar-refractivity contribution < 1.29 is 4.79 Å². The predicted molar refractivity (Wildman–Crippen MR) is 61.4 cm³/mol. The zero-order valence-electron chi connectivity index (χ0n) is 9.97. The average molecular weight is 207 g/mol. The van der Waals surface area contributed by atoms with Crippen LogP contribution in [-0.4, -0.2) is 11.4 Å². The predicted octanol–water partition coefficient (Wildman–Crippen LogP) is 2.65. The van der Waals surface area contributed by atoms with E-state index in [1.165, 1.54) is 12.8 Å². The van der Waals surface area contributed by atoms with Gasteiger partial charge in [0.25, 0.3) is 0 Å². The molecule has 0 aromatic rings. The van der Waals surface area contributed by atoms with E-state index in [1.54, 1.807) is 0 Å². The molecule has 0 saturated heterocycles. The SMILES string of the molecule is CC(C)(C)C(=O)NC1(C2C=CCC2)CC1. The van der Waals surface area contributed by atoms with Crippen LogP contribution in [0.2, 0.25) is 0 Å². The van der Waals surface area contributed by atoms with Crippen LogP contribution in [0.15, 0.2) is 12.2 Å². The molecule has 84 valence electrons. The maximum atomic E-state index is 11.9. The van der Waals surface area contributed by atoms with Gasteiger partial charge in [0.2, 0.25) is 5.91 Å². The smallest absolute Gasteiger partial charge is 0.225 e. The highest BCUT2D eigenvalue weighted by molar-refractivity contribution is 5.82. The Hall–Kier alpha value is -0.790. The molecule has 2 nitrogen and oxygen atoms in total. The Kier molecular flexibility index (Phi) is 2.40. The topological polar surface area (TPSA) is 29.1 Å². The number of allylic oxidation sites excluding steroid dienone is 1. The largest absolute Gasteiger partial charge is 0.350 e. The van der Waals surface area contributed by atoms with Crippen LogP contribution in [0, 0.1) is 11.3 Å². The van der Waals surface area contributed by atoms with Crippen LogP contribution in [0.3, 0.4) is 0 Å². The van der Waals surface area contributed by atoms with Crippen LogP contribution in [0.25, 0.3) is 0 Å². The highest BCUT2D eigenvalue weighted by Gasteiger charge is 2.50. The molecule has 0 aromatic heterocycles. The summed E-state index contributed by atoms with van der Waals surface area (Å²) < 4.78 is 0. The molecule has 1 unspecified atom stereocenters. The molecule has 2 aliphatic rings. The van der Waals surface area contributed by atoms with Gasteiger partial charge in [0.1, 0.15) is 0 Å². The van der Waals surface area contributed by atoms with Gasteiger partial charge in [-0.1, -0.05) is 32.9 Å². The number of carbonyl (C=O) groups is 1. The van der Waals surface area contributed by atoms with Crippen molar-refractivity contribution in [2.75, 3.05) is 0 Å². The fraction of sp³-hybridized carbons (Fsp3) is 0.769. The summed E-state index contributed by atoms with van der Waals surface area (Å²) >= 11 is 0. The normalized spacial score (nSPS) is 27.8. The van der Waals surface area contributed by atoms with Crippen molar-refractivity contribution in [1.29, 1.82) is 0 Å². The first-order valence-electron chi connectivity index (χ1n) is 5.93. The molecule has 1 fully saturated rings. The van der Waals surface area contributed by atoms with E-state index in [9.17, 15) is 4.79 Å². The van der Waals surface area contributed by atoms with Gasteiger partial charge in [-0.05, 0) is 25.7 Å². The minimum Gasteiger partial charge on any atom is -0.350 e. The molecule has 2 heteroatoms. The molecule has 2 aliphatic carbocycles. The highest BCUT2D eigenvalue weighted by Crippen LogP contribution is 2.47. The third kappa shape index (κ3) is 2.09.